The highest BCUT2D eigenvalue weighted by Gasteiger charge is 2.29. The molecule has 1 aliphatic rings. The molecule has 0 bridgehead atoms. The van der Waals surface area contributed by atoms with Gasteiger partial charge in [-0.15, -0.1) is 0 Å². The normalized spacial score (nSPS) is 16.4. The Hall–Kier alpha value is -1.14. The van der Waals surface area contributed by atoms with Gasteiger partial charge >= 0.3 is 0 Å². The van der Waals surface area contributed by atoms with Gasteiger partial charge in [0.2, 0.25) is 10.0 Å². The van der Waals surface area contributed by atoms with Crippen molar-refractivity contribution < 1.29 is 12.8 Å². The summed E-state index contributed by atoms with van der Waals surface area (Å²) in [7, 11) is -2.12. The molecule has 0 spiro atoms. The fourth-order valence-electron chi connectivity index (χ4n) is 1.68. The molecule has 6 heteroatoms. The number of rotatable bonds is 4. The first-order chi connectivity index (χ1) is 7.89. The molecule has 2 rings (SSSR count). The van der Waals surface area contributed by atoms with Crippen molar-refractivity contribution in [1.29, 1.82) is 0 Å². The highest BCUT2D eigenvalue weighted by Crippen LogP contribution is 2.31. The molecule has 1 aromatic carbocycles. The van der Waals surface area contributed by atoms with Crippen molar-refractivity contribution in [2.45, 2.75) is 17.7 Å². The third-order valence-corrected chi connectivity index (χ3v) is 4.62. The van der Waals surface area contributed by atoms with Crippen LogP contribution in [-0.2, 0) is 10.0 Å². The zero-order valence-electron chi connectivity index (χ0n) is 9.56. The van der Waals surface area contributed by atoms with Gasteiger partial charge in [0.1, 0.15) is 5.82 Å². The van der Waals surface area contributed by atoms with Gasteiger partial charge in [-0.25, -0.2) is 17.1 Å². The largest absolute Gasteiger partial charge is 0.399 e. The van der Waals surface area contributed by atoms with E-state index >= 15 is 0 Å². The van der Waals surface area contributed by atoms with Gasteiger partial charge in [-0.1, -0.05) is 0 Å². The monoisotopic (exact) mass is 258 g/mol. The first kappa shape index (κ1) is 12.3. The van der Waals surface area contributed by atoms with E-state index in [0.717, 1.165) is 25.0 Å². The molecule has 1 fully saturated rings. The third kappa shape index (κ3) is 2.76. The zero-order chi connectivity index (χ0) is 12.6. The summed E-state index contributed by atoms with van der Waals surface area (Å²) in [6, 6.07) is 3.37. The topological polar surface area (TPSA) is 63.4 Å². The van der Waals surface area contributed by atoms with Gasteiger partial charge in [0, 0.05) is 19.3 Å². The molecule has 0 unspecified atom stereocenters. The van der Waals surface area contributed by atoms with Crippen LogP contribution in [0.2, 0.25) is 0 Å². The lowest BCUT2D eigenvalue weighted by Crippen LogP contribution is -2.29. The quantitative estimate of drug-likeness (QED) is 0.831. The Morgan fingerprint density at radius 2 is 2.06 bits per heavy atom. The summed E-state index contributed by atoms with van der Waals surface area (Å²) in [5.41, 5.74) is 5.56. The van der Waals surface area contributed by atoms with Crippen LogP contribution in [0, 0.1) is 11.7 Å². The molecule has 1 saturated carbocycles. The van der Waals surface area contributed by atoms with Crippen molar-refractivity contribution in [2.24, 2.45) is 5.92 Å². The molecule has 2 N–H and O–H groups in total. The van der Waals surface area contributed by atoms with E-state index in [0.29, 0.717) is 12.5 Å². The number of anilines is 1. The first-order valence-electron chi connectivity index (χ1n) is 5.42. The first-order valence-corrected chi connectivity index (χ1v) is 6.86. The molecule has 0 aliphatic heterocycles. The summed E-state index contributed by atoms with van der Waals surface area (Å²) in [5.74, 6) is -0.191. The molecular formula is C11H15FN2O2S. The number of nitrogens with zero attached hydrogens (tertiary/aromatic N) is 1. The fourth-order valence-corrected chi connectivity index (χ4v) is 2.99. The maximum absolute atomic E-state index is 13.1. The van der Waals surface area contributed by atoms with Crippen LogP contribution in [-0.4, -0.2) is 26.3 Å². The Labute approximate surface area is 100 Å². The van der Waals surface area contributed by atoms with Gasteiger partial charge in [-0.05, 0) is 37.0 Å². The lowest BCUT2D eigenvalue weighted by Gasteiger charge is -2.17. The Morgan fingerprint density at radius 1 is 1.41 bits per heavy atom. The van der Waals surface area contributed by atoms with Crippen molar-refractivity contribution in [3.63, 3.8) is 0 Å². The third-order valence-electron chi connectivity index (χ3n) is 2.81. The molecule has 1 aliphatic carbocycles. The van der Waals surface area contributed by atoms with Crippen molar-refractivity contribution in [3.05, 3.63) is 24.0 Å². The highest BCUT2D eigenvalue weighted by atomic mass is 32.2. The average Bonchev–Trinajstić information content (AvgIpc) is 3.00. The van der Waals surface area contributed by atoms with Crippen molar-refractivity contribution in [2.75, 3.05) is 19.3 Å². The Balaban J connectivity index is 2.29. The number of halogens is 1. The molecule has 0 saturated heterocycles. The van der Waals surface area contributed by atoms with Gasteiger partial charge < -0.3 is 5.73 Å². The number of benzene rings is 1. The lowest BCUT2D eigenvalue weighted by molar-refractivity contribution is 0.452. The molecule has 0 heterocycles. The summed E-state index contributed by atoms with van der Waals surface area (Å²) in [4.78, 5) is -0.0850. The molecule has 0 radical (unpaired) electrons. The predicted molar refractivity (Wildman–Crippen MR) is 63.4 cm³/mol. The summed E-state index contributed by atoms with van der Waals surface area (Å²) in [5, 5.41) is 0. The van der Waals surface area contributed by atoms with E-state index in [2.05, 4.69) is 0 Å². The van der Waals surface area contributed by atoms with Crippen LogP contribution in [0.3, 0.4) is 0 Å². The molecule has 0 atom stereocenters. The van der Waals surface area contributed by atoms with Crippen LogP contribution < -0.4 is 5.73 Å². The van der Waals surface area contributed by atoms with Crippen molar-refractivity contribution in [3.8, 4) is 0 Å². The van der Waals surface area contributed by atoms with Gasteiger partial charge in [-0.3, -0.25) is 0 Å². The van der Waals surface area contributed by atoms with Gasteiger partial charge in [0.25, 0.3) is 0 Å². The summed E-state index contributed by atoms with van der Waals surface area (Å²) >= 11 is 0. The molecule has 0 aromatic heterocycles. The van der Waals surface area contributed by atoms with E-state index < -0.39 is 15.8 Å². The van der Waals surface area contributed by atoms with Crippen LogP contribution in [0.5, 0.6) is 0 Å². The number of hydrogen-bond donors (Lipinski definition) is 1. The molecule has 1 aromatic rings. The second-order valence-corrected chi connectivity index (χ2v) is 6.49. The van der Waals surface area contributed by atoms with Crippen LogP contribution in [0.1, 0.15) is 12.8 Å². The van der Waals surface area contributed by atoms with E-state index in [1.165, 1.54) is 17.4 Å². The van der Waals surface area contributed by atoms with Crippen LogP contribution in [0.4, 0.5) is 10.1 Å². The maximum atomic E-state index is 13.1. The lowest BCUT2D eigenvalue weighted by atomic mass is 10.3. The molecule has 17 heavy (non-hydrogen) atoms. The number of hydrogen-bond acceptors (Lipinski definition) is 3. The molecule has 0 amide bonds. The van der Waals surface area contributed by atoms with Gasteiger partial charge in [0.05, 0.1) is 4.90 Å². The van der Waals surface area contributed by atoms with E-state index in [9.17, 15) is 12.8 Å². The fraction of sp³-hybridized carbons (Fsp3) is 0.455. The van der Waals surface area contributed by atoms with Gasteiger partial charge in [-0.2, -0.15) is 0 Å². The Morgan fingerprint density at radius 3 is 2.59 bits per heavy atom. The van der Waals surface area contributed by atoms with E-state index in [4.69, 9.17) is 5.73 Å². The number of sulfonamides is 1. The number of nitrogens with two attached hydrogens (primary N) is 1. The highest BCUT2D eigenvalue weighted by molar-refractivity contribution is 7.89. The zero-order valence-corrected chi connectivity index (χ0v) is 10.4. The summed E-state index contributed by atoms with van der Waals surface area (Å²) in [6.07, 6.45) is 2.12. The van der Waals surface area contributed by atoms with Crippen LogP contribution in [0.15, 0.2) is 23.1 Å². The predicted octanol–water partition coefficient (Wildman–Crippen LogP) is 1.44. The number of nitrogen functional groups attached to an aromatic ring is 1. The minimum Gasteiger partial charge on any atom is -0.399 e. The Bertz CT molecular complexity index is 506. The van der Waals surface area contributed by atoms with Crippen molar-refractivity contribution in [1.82, 2.24) is 4.31 Å². The average molecular weight is 258 g/mol. The van der Waals surface area contributed by atoms with E-state index in [-0.39, 0.29) is 10.6 Å². The second-order valence-electron chi connectivity index (χ2n) is 4.45. The second kappa shape index (κ2) is 4.27. The smallest absolute Gasteiger partial charge is 0.243 e. The molecule has 4 nitrogen and oxygen atoms in total. The minimum atomic E-state index is -3.63. The maximum Gasteiger partial charge on any atom is 0.243 e. The van der Waals surface area contributed by atoms with Gasteiger partial charge in [0.15, 0.2) is 0 Å². The van der Waals surface area contributed by atoms with Crippen LogP contribution >= 0.6 is 0 Å². The van der Waals surface area contributed by atoms with Crippen molar-refractivity contribution >= 4 is 15.7 Å². The van der Waals surface area contributed by atoms with E-state index in [1.54, 1.807) is 0 Å². The standard InChI is InChI=1S/C11H15FN2O2S/c1-14(7-8-2-3-8)17(15,16)11-5-9(12)4-10(13)6-11/h4-6,8H,2-3,7,13H2,1H3. The summed E-state index contributed by atoms with van der Waals surface area (Å²) in [6.45, 7) is 0.485. The minimum absolute atomic E-state index is 0.0850. The summed E-state index contributed by atoms with van der Waals surface area (Å²) < 4.78 is 38.6. The SMILES string of the molecule is CN(CC1CC1)S(=O)(=O)c1cc(N)cc(F)c1. The Kier molecular flexibility index (Phi) is 3.09. The van der Waals surface area contributed by atoms with Crippen LogP contribution in [0.25, 0.3) is 0 Å². The molecular weight excluding hydrogens is 243 g/mol. The molecule has 94 valence electrons. The van der Waals surface area contributed by atoms with E-state index in [1.807, 2.05) is 0 Å².